The second-order valence-corrected chi connectivity index (χ2v) is 3.74. The van der Waals surface area contributed by atoms with Crippen LogP contribution in [0.2, 0.25) is 10.0 Å². The van der Waals surface area contributed by atoms with Gasteiger partial charge in [0.15, 0.2) is 0 Å². The third kappa shape index (κ3) is 2.76. The Bertz CT molecular complexity index is 290. The van der Waals surface area contributed by atoms with Crippen LogP contribution in [0.5, 0.6) is 5.75 Å². The Morgan fingerprint density at radius 1 is 1.31 bits per heavy atom. The molecule has 1 aromatic rings. The van der Waals surface area contributed by atoms with Crippen molar-refractivity contribution in [2.45, 2.75) is 6.10 Å². The van der Waals surface area contributed by atoms with Crippen molar-refractivity contribution in [3.8, 4) is 5.75 Å². The van der Waals surface area contributed by atoms with Gasteiger partial charge in [-0.3, -0.25) is 0 Å². The highest BCUT2D eigenvalue weighted by atomic mass is 35.5. The SMILES string of the molecule is Clc1cc(Cl)cc(OC[C@@H]2CO2)c1. The minimum absolute atomic E-state index is 0.248. The molecule has 1 fully saturated rings. The number of benzene rings is 1. The van der Waals surface area contributed by atoms with Crippen molar-refractivity contribution < 1.29 is 9.47 Å². The second-order valence-electron chi connectivity index (χ2n) is 2.87. The first-order valence-electron chi connectivity index (χ1n) is 3.94. The molecule has 1 heterocycles. The molecule has 0 aliphatic carbocycles. The number of epoxide rings is 1. The van der Waals surface area contributed by atoms with E-state index >= 15 is 0 Å². The lowest BCUT2D eigenvalue weighted by molar-refractivity contribution is 0.263. The number of hydrogen-bond acceptors (Lipinski definition) is 2. The van der Waals surface area contributed by atoms with Crippen LogP contribution >= 0.6 is 23.2 Å². The van der Waals surface area contributed by atoms with E-state index in [9.17, 15) is 0 Å². The first-order valence-corrected chi connectivity index (χ1v) is 4.70. The fourth-order valence-corrected chi connectivity index (χ4v) is 1.47. The monoisotopic (exact) mass is 218 g/mol. The average Bonchev–Trinajstić information content (AvgIpc) is 2.81. The molecule has 1 aliphatic rings. The molecule has 2 rings (SSSR count). The van der Waals surface area contributed by atoms with Gasteiger partial charge in [0.05, 0.1) is 6.61 Å². The summed E-state index contributed by atoms with van der Waals surface area (Å²) in [5.74, 6) is 0.688. The summed E-state index contributed by atoms with van der Waals surface area (Å²) in [4.78, 5) is 0. The van der Waals surface area contributed by atoms with Crippen LogP contribution in [0, 0.1) is 0 Å². The molecule has 70 valence electrons. The predicted molar refractivity (Wildman–Crippen MR) is 51.7 cm³/mol. The minimum atomic E-state index is 0.248. The van der Waals surface area contributed by atoms with Gasteiger partial charge in [0.1, 0.15) is 18.5 Å². The van der Waals surface area contributed by atoms with Gasteiger partial charge < -0.3 is 9.47 Å². The highest BCUT2D eigenvalue weighted by Crippen LogP contribution is 2.24. The summed E-state index contributed by atoms with van der Waals surface area (Å²) in [6, 6.07) is 5.13. The van der Waals surface area contributed by atoms with Crippen LogP contribution < -0.4 is 4.74 Å². The van der Waals surface area contributed by atoms with Gasteiger partial charge in [0.2, 0.25) is 0 Å². The molecule has 0 unspecified atom stereocenters. The summed E-state index contributed by atoms with van der Waals surface area (Å²) < 4.78 is 10.4. The van der Waals surface area contributed by atoms with E-state index in [0.717, 1.165) is 6.61 Å². The van der Waals surface area contributed by atoms with Crippen LogP contribution in [0.1, 0.15) is 0 Å². The zero-order valence-electron chi connectivity index (χ0n) is 6.80. The van der Waals surface area contributed by atoms with Crippen LogP contribution in [-0.2, 0) is 4.74 Å². The maximum Gasteiger partial charge on any atom is 0.122 e. The molecule has 0 radical (unpaired) electrons. The summed E-state index contributed by atoms with van der Waals surface area (Å²) in [6.45, 7) is 1.35. The predicted octanol–water partition coefficient (Wildman–Crippen LogP) is 2.77. The van der Waals surface area contributed by atoms with Crippen LogP contribution in [0.3, 0.4) is 0 Å². The lowest BCUT2D eigenvalue weighted by atomic mass is 10.3. The Hall–Kier alpha value is -0.440. The fraction of sp³-hybridized carbons (Fsp3) is 0.333. The Morgan fingerprint density at radius 3 is 2.46 bits per heavy atom. The van der Waals surface area contributed by atoms with Crippen LogP contribution in [0.4, 0.5) is 0 Å². The van der Waals surface area contributed by atoms with Crippen LogP contribution in [0.25, 0.3) is 0 Å². The number of ether oxygens (including phenoxy) is 2. The third-order valence-electron chi connectivity index (χ3n) is 1.67. The van der Waals surface area contributed by atoms with E-state index < -0.39 is 0 Å². The van der Waals surface area contributed by atoms with Crippen molar-refractivity contribution in [3.05, 3.63) is 28.2 Å². The van der Waals surface area contributed by atoms with E-state index in [0.29, 0.717) is 22.4 Å². The van der Waals surface area contributed by atoms with Crippen LogP contribution in [0.15, 0.2) is 18.2 Å². The first kappa shape index (κ1) is 9.13. The van der Waals surface area contributed by atoms with E-state index in [1.54, 1.807) is 18.2 Å². The van der Waals surface area contributed by atoms with Gasteiger partial charge in [0.25, 0.3) is 0 Å². The Balaban J connectivity index is 2.01. The summed E-state index contributed by atoms with van der Waals surface area (Å²) in [7, 11) is 0. The minimum Gasteiger partial charge on any atom is -0.491 e. The molecule has 0 N–H and O–H groups in total. The zero-order valence-corrected chi connectivity index (χ0v) is 8.31. The zero-order chi connectivity index (χ0) is 9.26. The molecule has 0 aromatic heterocycles. The van der Waals surface area contributed by atoms with Crippen LogP contribution in [-0.4, -0.2) is 19.3 Å². The molecule has 13 heavy (non-hydrogen) atoms. The molecule has 0 amide bonds. The van der Waals surface area contributed by atoms with E-state index in [4.69, 9.17) is 32.7 Å². The number of rotatable bonds is 3. The first-order chi connectivity index (χ1) is 6.24. The molecule has 2 nitrogen and oxygen atoms in total. The Kier molecular flexibility index (Phi) is 2.63. The second kappa shape index (κ2) is 3.74. The summed E-state index contributed by atoms with van der Waals surface area (Å²) in [6.07, 6.45) is 0.248. The van der Waals surface area contributed by atoms with Gasteiger partial charge in [-0.05, 0) is 18.2 Å². The van der Waals surface area contributed by atoms with E-state index in [1.807, 2.05) is 0 Å². The molecule has 1 saturated heterocycles. The summed E-state index contributed by atoms with van der Waals surface area (Å²) in [5.41, 5.74) is 0. The highest BCUT2D eigenvalue weighted by Gasteiger charge is 2.23. The topological polar surface area (TPSA) is 21.8 Å². The fourth-order valence-electron chi connectivity index (χ4n) is 0.965. The quantitative estimate of drug-likeness (QED) is 0.729. The molecule has 1 aromatic carbocycles. The molecule has 0 bridgehead atoms. The standard InChI is InChI=1S/C9H8Cl2O2/c10-6-1-7(11)3-8(2-6)12-4-9-5-13-9/h1-3,9H,4-5H2/t9-/m1/s1. The highest BCUT2D eigenvalue weighted by molar-refractivity contribution is 6.34. The lowest BCUT2D eigenvalue weighted by Crippen LogP contribution is -2.03. The average molecular weight is 219 g/mol. The van der Waals surface area contributed by atoms with E-state index in [-0.39, 0.29) is 6.10 Å². The third-order valence-corrected chi connectivity index (χ3v) is 2.11. The van der Waals surface area contributed by atoms with Gasteiger partial charge in [-0.25, -0.2) is 0 Å². The van der Waals surface area contributed by atoms with Crippen molar-refractivity contribution in [2.75, 3.05) is 13.2 Å². The van der Waals surface area contributed by atoms with Crippen molar-refractivity contribution in [2.24, 2.45) is 0 Å². The van der Waals surface area contributed by atoms with E-state index in [1.165, 1.54) is 0 Å². The Labute approximate surface area is 86.4 Å². The maximum absolute atomic E-state index is 5.79. The van der Waals surface area contributed by atoms with Crippen molar-refractivity contribution >= 4 is 23.2 Å². The molecule has 1 atom stereocenters. The van der Waals surface area contributed by atoms with Crippen molar-refractivity contribution in [3.63, 3.8) is 0 Å². The maximum atomic E-state index is 5.79. The number of hydrogen-bond donors (Lipinski definition) is 0. The molecule has 1 aliphatic heterocycles. The van der Waals surface area contributed by atoms with Gasteiger partial charge >= 0.3 is 0 Å². The van der Waals surface area contributed by atoms with Gasteiger partial charge in [-0.15, -0.1) is 0 Å². The Morgan fingerprint density at radius 2 is 1.92 bits per heavy atom. The van der Waals surface area contributed by atoms with Gasteiger partial charge in [-0.2, -0.15) is 0 Å². The summed E-state index contributed by atoms with van der Waals surface area (Å²) >= 11 is 11.6. The molecule has 0 spiro atoms. The normalized spacial score (nSPS) is 20.0. The molecular formula is C9H8Cl2O2. The largest absolute Gasteiger partial charge is 0.491 e. The van der Waals surface area contributed by atoms with Gasteiger partial charge in [0, 0.05) is 10.0 Å². The van der Waals surface area contributed by atoms with Crippen molar-refractivity contribution in [1.29, 1.82) is 0 Å². The molecule has 4 heteroatoms. The van der Waals surface area contributed by atoms with Gasteiger partial charge in [-0.1, -0.05) is 23.2 Å². The number of halogens is 2. The lowest BCUT2D eigenvalue weighted by Gasteiger charge is -2.04. The molecule has 0 saturated carbocycles. The van der Waals surface area contributed by atoms with E-state index in [2.05, 4.69) is 0 Å². The smallest absolute Gasteiger partial charge is 0.122 e. The summed E-state index contributed by atoms with van der Waals surface area (Å²) in [5, 5.41) is 1.17. The van der Waals surface area contributed by atoms with Crippen molar-refractivity contribution in [1.82, 2.24) is 0 Å². The molecular weight excluding hydrogens is 211 g/mol.